The fourth-order valence-corrected chi connectivity index (χ4v) is 4.61. The molecule has 178 valence electrons. The van der Waals surface area contributed by atoms with Crippen LogP contribution in [0.2, 0.25) is 0 Å². The molecule has 0 aliphatic rings. The summed E-state index contributed by atoms with van der Waals surface area (Å²) < 4.78 is 10.5. The number of aromatic amines is 1. The van der Waals surface area contributed by atoms with Gasteiger partial charge in [-0.15, -0.1) is 11.3 Å². The van der Waals surface area contributed by atoms with Gasteiger partial charge in [-0.25, -0.2) is 9.59 Å². The van der Waals surface area contributed by atoms with Crippen LogP contribution in [-0.4, -0.2) is 41.3 Å². The molecule has 1 unspecified atom stereocenters. The number of aromatic nitrogens is 1. The second-order valence-corrected chi connectivity index (χ2v) is 8.71. The van der Waals surface area contributed by atoms with Gasteiger partial charge in [-0.05, 0) is 51.8 Å². The lowest BCUT2D eigenvalue weighted by molar-refractivity contribution is -0.123. The van der Waals surface area contributed by atoms with Crippen LogP contribution in [0.5, 0.6) is 0 Å². The van der Waals surface area contributed by atoms with Gasteiger partial charge in [-0.3, -0.25) is 9.59 Å². The first-order valence-corrected chi connectivity index (χ1v) is 11.5. The maximum Gasteiger partial charge on any atom is 0.355 e. The molecule has 1 amide bonds. The summed E-state index contributed by atoms with van der Waals surface area (Å²) in [5, 5.41) is 2.99. The fraction of sp³-hybridized carbons (Fsp3) is 0.280. The molecule has 2 heterocycles. The summed E-state index contributed by atoms with van der Waals surface area (Å²) in [5.74, 6) is -2.09. The van der Waals surface area contributed by atoms with E-state index in [-0.39, 0.29) is 23.6 Å². The minimum Gasteiger partial charge on any atom is -0.462 e. The number of Topliss-reactive ketones (excluding diaryl/α,β-unsaturated/α-hetero) is 1. The molecule has 3 aromatic rings. The number of carbonyl (C=O) groups is 4. The third-order valence-electron chi connectivity index (χ3n) is 5.17. The number of ether oxygens (including phenoxy) is 2. The summed E-state index contributed by atoms with van der Waals surface area (Å²) in [5.41, 5.74) is 2.68. The minimum atomic E-state index is -1.16. The number of esters is 2. The van der Waals surface area contributed by atoms with Crippen molar-refractivity contribution in [1.29, 1.82) is 0 Å². The molecule has 0 saturated heterocycles. The number of benzene rings is 1. The second-order valence-electron chi connectivity index (χ2n) is 7.66. The number of H-pyrrole nitrogens is 1. The molecule has 0 radical (unpaired) electrons. The fourth-order valence-electron chi connectivity index (χ4n) is 3.56. The zero-order valence-corrected chi connectivity index (χ0v) is 20.4. The number of rotatable bonds is 8. The topological polar surface area (TPSA) is 115 Å². The monoisotopic (exact) mass is 482 g/mol. The molecule has 1 aromatic carbocycles. The van der Waals surface area contributed by atoms with E-state index in [1.165, 1.54) is 25.2 Å². The summed E-state index contributed by atoms with van der Waals surface area (Å²) >= 11 is 1.22. The molecule has 0 aliphatic heterocycles. The van der Waals surface area contributed by atoms with E-state index < -0.39 is 23.9 Å². The van der Waals surface area contributed by atoms with E-state index >= 15 is 0 Å². The number of hydrogen-bond donors (Lipinski definition) is 2. The van der Waals surface area contributed by atoms with Crippen molar-refractivity contribution in [2.24, 2.45) is 0 Å². The maximum atomic E-state index is 12.8. The van der Waals surface area contributed by atoms with Crippen LogP contribution in [0.4, 0.5) is 5.00 Å². The van der Waals surface area contributed by atoms with Crippen LogP contribution >= 0.6 is 11.3 Å². The number of nitrogens with one attached hydrogen (secondary N) is 2. The lowest BCUT2D eigenvalue weighted by atomic mass is 10.1. The van der Waals surface area contributed by atoms with Gasteiger partial charge in [-0.2, -0.15) is 0 Å². The van der Waals surface area contributed by atoms with Gasteiger partial charge in [0.15, 0.2) is 11.9 Å². The van der Waals surface area contributed by atoms with Crippen molar-refractivity contribution in [2.45, 2.75) is 40.7 Å². The van der Waals surface area contributed by atoms with Crippen LogP contribution in [0, 0.1) is 13.8 Å². The average molecular weight is 483 g/mol. The molecule has 3 rings (SSSR count). The number of thiophene rings is 1. The van der Waals surface area contributed by atoms with Gasteiger partial charge >= 0.3 is 11.9 Å². The predicted octanol–water partition coefficient (Wildman–Crippen LogP) is 4.92. The van der Waals surface area contributed by atoms with Crippen LogP contribution in [0.25, 0.3) is 10.4 Å². The van der Waals surface area contributed by atoms with Crippen molar-refractivity contribution in [3.8, 4) is 10.4 Å². The maximum absolute atomic E-state index is 12.8. The van der Waals surface area contributed by atoms with Crippen molar-refractivity contribution in [3.05, 3.63) is 64.5 Å². The Labute approximate surface area is 201 Å². The van der Waals surface area contributed by atoms with E-state index in [0.717, 1.165) is 10.4 Å². The zero-order chi connectivity index (χ0) is 25.0. The second kappa shape index (κ2) is 10.5. The van der Waals surface area contributed by atoms with Crippen LogP contribution in [0.1, 0.15) is 63.2 Å². The standard InChI is InChI=1S/C25H26N2O6S/c1-6-32-24(30)18-12-19(17-10-8-7-9-11-17)34-23(18)27-22(29)16(5)33-25(31)21-13(2)20(15(4)28)14(3)26-21/h7-12,16,26H,6H2,1-5H3,(H,27,29). The highest BCUT2D eigenvalue weighted by atomic mass is 32.1. The summed E-state index contributed by atoms with van der Waals surface area (Å²) in [6.07, 6.45) is -1.16. The summed E-state index contributed by atoms with van der Waals surface area (Å²) in [4.78, 5) is 53.4. The summed E-state index contributed by atoms with van der Waals surface area (Å²) in [7, 11) is 0. The number of ketones is 1. The molecule has 0 aliphatic carbocycles. The number of aryl methyl sites for hydroxylation is 1. The Hall–Kier alpha value is -3.72. The number of hydrogen-bond acceptors (Lipinski definition) is 7. The first-order chi connectivity index (χ1) is 16.1. The van der Waals surface area contributed by atoms with E-state index in [1.807, 2.05) is 30.3 Å². The highest BCUT2D eigenvalue weighted by Gasteiger charge is 2.26. The third-order valence-corrected chi connectivity index (χ3v) is 6.27. The number of anilines is 1. The lowest BCUT2D eigenvalue weighted by Gasteiger charge is -2.13. The lowest BCUT2D eigenvalue weighted by Crippen LogP contribution is -2.30. The molecular formula is C25H26N2O6S. The Kier molecular flexibility index (Phi) is 7.68. The Morgan fingerprint density at radius 3 is 2.35 bits per heavy atom. The molecule has 2 N–H and O–H groups in total. The highest BCUT2D eigenvalue weighted by molar-refractivity contribution is 7.20. The van der Waals surface area contributed by atoms with E-state index in [1.54, 1.807) is 26.8 Å². The summed E-state index contributed by atoms with van der Waals surface area (Å²) in [6, 6.07) is 11.1. The Bertz CT molecular complexity index is 1240. The minimum absolute atomic E-state index is 0.122. The first kappa shape index (κ1) is 24.9. The molecule has 2 aromatic heterocycles. The molecule has 34 heavy (non-hydrogen) atoms. The van der Waals surface area contributed by atoms with Gasteiger partial charge in [0.1, 0.15) is 10.7 Å². The number of carbonyl (C=O) groups excluding carboxylic acids is 4. The van der Waals surface area contributed by atoms with Gasteiger partial charge in [-0.1, -0.05) is 30.3 Å². The van der Waals surface area contributed by atoms with Gasteiger partial charge < -0.3 is 19.8 Å². The van der Waals surface area contributed by atoms with Crippen molar-refractivity contribution < 1.29 is 28.7 Å². The molecular weight excluding hydrogens is 456 g/mol. The molecule has 8 nitrogen and oxygen atoms in total. The van der Waals surface area contributed by atoms with Crippen LogP contribution in [0.3, 0.4) is 0 Å². The van der Waals surface area contributed by atoms with Gasteiger partial charge in [0.2, 0.25) is 0 Å². The Balaban J connectivity index is 1.80. The predicted molar refractivity (Wildman–Crippen MR) is 129 cm³/mol. The molecule has 0 saturated carbocycles. The SMILES string of the molecule is CCOC(=O)c1cc(-c2ccccc2)sc1NC(=O)C(C)OC(=O)c1[nH]c(C)c(C(C)=O)c1C. The summed E-state index contributed by atoms with van der Waals surface area (Å²) in [6.45, 7) is 8.07. The molecule has 0 fully saturated rings. The third kappa shape index (κ3) is 5.26. The van der Waals surface area contributed by atoms with E-state index in [0.29, 0.717) is 21.8 Å². The van der Waals surface area contributed by atoms with Crippen LogP contribution < -0.4 is 5.32 Å². The number of amides is 1. The normalized spacial score (nSPS) is 11.6. The average Bonchev–Trinajstić information content (AvgIpc) is 3.34. The molecule has 0 spiro atoms. The highest BCUT2D eigenvalue weighted by Crippen LogP contribution is 2.36. The van der Waals surface area contributed by atoms with Crippen molar-refractivity contribution >= 4 is 40.0 Å². The largest absolute Gasteiger partial charge is 0.462 e. The van der Waals surface area contributed by atoms with Gasteiger partial charge in [0.05, 0.1) is 12.2 Å². The van der Waals surface area contributed by atoms with Gasteiger partial charge in [0.25, 0.3) is 5.91 Å². The van der Waals surface area contributed by atoms with Crippen molar-refractivity contribution in [3.63, 3.8) is 0 Å². The zero-order valence-electron chi connectivity index (χ0n) is 19.6. The quantitative estimate of drug-likeness (QED) is 0.348. The molecule has 9 heteroatoms. The molecule has 0 bridgehead atoms. The van der Waals surface area contributed by atoms with Gasteiger partial charge in [0, 0.05) is 16.1 Å². The van der Waals surface area contributed by atoms with E-state index in [9.17, 15) is 19.2 Å². The Morgan fingerprint density at radius 1 is 1.09 bits per heavy atom. The van der Waals surface area contributed by atoms with Crippen molar-refractivity contribution in [2.75, 3.05) is 11.9 Å². The van der Waals surface area contributed by atoms with Crippen LogP contribution in [0.15, 0.2) is 36.4 Å². The van der Waals surface area contributed by atoms with Crippen LogP contribution in [-0.2, 0) is 14.3 Å². The Morgan fingerprint density at radius 2 is 1.76 bits per heavy atom. The first-order valence-electron chi connectivity index (χ1n) is 10.7. The molecule has 1 atom stereocenters. The van der Waals surface area contributed by atoms with Crippen molar-refractivity contribution in [1.82, 2.24) is 4.98 Å². The van der Waals surface area contributed by atoms with E-state index in [2.05, 4.69) is 10.3 Å². The van der Waals surface area contributed by atoms with E-state index in [4.69, 9.17) is 9.47 Å². The smallest absolute Gasteiger partial charge is 0.355 e.